The molecule has 1 rings (SSSR count). The third-order valence-corrected chi connectivity index (χ3v) is 7.13. The van der Waals surface area contributed by atoms with Crippen molar-refractivity contribution in [2.75, 3.05) is 6.54 Å². The topological polar surface area (TPSA) is 75.3 Å². The fourth-order valence-corrected chi connectivity index (χ4v) is 4.23. The summed E-state index contributed by atoms with van der Waals surface area (Å²) in [6.45, 7) is 9.77. The van der Waals surface area contributed by atoms with Crippen molar-refractivity contribution in [3.63, 3.8) is 0 Å². The lowest BCUT2D eigenvalue weighted by Crippen LogP contribution is -2.31. The van der Waals surface area contributed by atoms with E-state index in [0.29, 0.717) is 31.7 Å². The summed E-state index contributed by atoms with van der Waals surface area (Å²) in [7, 11) is -3.22. The minimum atomic E-state index is -3.22. The molecule has 0 aromatic carbocycles. The van der Waals surface area contributed by atoms with Crippen molar-refractivity contribution in [3.8, 4) is 0 Å². The van der Waals surface area contributed by atoms with Gasteiger partial charge in [-0.2, -0.15) is 0 Å². The predicted molar refractivity (Wildman–Crippen MR) is 113 cm³/mol. The van der Waals surface area contributed by atoms with Crippen molar-refractivity contribution in [2.24, 2.45) is 5.92 Å². The van der Waals surface area contributed by atoms with Gasteiger partial charge in [0.15, 0.2) is 0 Å². The van der Waals surface area contributed by atoms with E-state index in [2.05, 4.69) is 29.6 Å². The van der Waals surface area contributed by atoms with Crippen molar-refractivity contribution in [3.05, 3.63) is 23.9 Å². The Morgan fingerprint density at radius 3 is 2.37 bits per heavy atom. The van der Waals surface area contributed by atoms with Crippen molar-refractivity contribution in [2.45, 2.75) is 90.2 Å². The van der Waals surface area contributed by atoms with E-state index in [9.17, 15) is 13.2 Å². The first-order valence-corrected chi connectivity index (χ1v) is 11.9. The second-order valence-corrected chi connectivity index (χ2v) is 10.1. The van der Waals surface area contributed by atoms with E-state index in [4.69, 9.17) is 0 Å². The highest BCUT2D eigenvalue weighted by Gasteiger charge is 2.17. The molecule has 27 heavy (non-hydrogen) atoms. The van der Waals surface area contributed by atoms with Crippen molar-refractivity contribution < 1.29 is 13.2 Å². The Balaban J connectivity index is 2.19. The van der Waals surface area contributed by atoms with Gasteiger partial charge in [-0.05, 0) is 65.2 Å². The molecular formula is C21H38N2O3S. The zero-order valence-corrected chi connectivity index (χ0v) is 18.2. The smallest absolute Gasteiger partial charge is 0.224 e. The zero-order valence-electron chi connectivity index (χ0n) is 17.4. The number of sulfonamides is 1. The molecule has 0 spiro atoms. The minimum absolute atomic E-state index is 0.0357. The van der Waals surface area contributed by atoms with Crippen LogP contribution in [0.2, 0.25) is 0 Å². The molecule has 0 atom stereocenters. The third kappa shape index (κ3) is 9.56. The van der Waals surface area contributed by atoms with Crippen LogP contribution in [-0.4, -0.2) is 26.1 Å². The first-order chi connectivity index (χ1) is 12.8. The molecule has 2 N–H and O–H groups in total. The Labute approximate surface area is 166 Å². The number of rotatable bonds is 12. The molecule has 1 aliphatic carbocycles. The molecule has 156 valence electrons. The van der Waals surface area contributed by atoms with E-state index in [1.807, 2.05) is 0 Å². The average Bonchev–Trinajstić information content (AvgIpc) is 2.62. The zero-order chi connectivity index (χ0) is 20.3. The molecule has 1 fully saturated rings. The Bertz CT molecular complexity index is 603. The van der Waals surface area contributed by atoms with Crippen LogP contribution in [0.4, 0.5) is 0 Å². The number of unbranched alkanes of at least 4 members (excludes halogenated alkanes) is 1. The van der Waals surface area contributed by atoms with Crippen molar-refractivity contribution >= 4 is 15.9 Å². The summed E-state index contributed by atoms with van der Waals surface area (Å²) in [5, 5.41) is 2.46. The van der Waals surface area contributed by atoms with Crippen LogP contribution in [0.3, 0.4) is 0 Å². The number of amides is 1. The molecule has 1 saturated carbocycles. The summed E-state index contributed by atoms with van der Waals surface area (Å²) >= 11 is 0. The minimum Gasteiger partial charge on any atom is -0.330 e. The molecule has 0 radical (unpaired) electrons. The Morgan fingerprint density at radius 1 is 1.11 bits per heavy atom. The van der Waals surface area contributed by atoms with Crippen molar-refractivity contribution in [1.82, 2.24) is 10.0 Å². The largest absolute Gasteiger partial charge is 0.330 e. The third-order valence-electron chi connectivity index (χ3n) is 5.29. The molecule has 5 nitrogen and oxygen atoms in total. The lowest BCUT2D eigenvalue weighted by molar-refractivity contribution is -0.120. The normalized spacial score (nSPS) is 16.5. The van der Waals surface area contributed by atoms with Gasteiger partial charge in [0.25, 0.3) is 0 Å². The van der Waals surface area contributed by atoms with Crippen molar-refractivity contribution in [1.29, 1.82) is 0 Å². The maximum Gasteiger partial charge on any atom is 0.224 e. The molecule has 0 saturated heterocycles. The van der Waals surface area contributed by atoms with Crippen LogP contribution in [-0.2, 0) is 14.8 Å². The first kappa shape index (κ1) is 23.9. The standard InChI is InChI=1S/C21H38N2O3S/c1-5-19(20-11-7-6-8-12-20)15-14-18(4)23-21(24)13-9-10-16-22-27(25,26)17(2)3/h5,17,20,22H,4,6-16H2,1-3H3,(H,23,24)/b19-5+. The van der Waals surface area contributed by atoms with Gasteiger partial charge in [0, 0.05) is 18.7 Å². The highest BCUT2D eigenvalue weighted by molar-refractivity contribution is 7.90. The van der Waals surface area contributed by atoms with Gasteiger partial charge in [-0.15, -0.1) is 0 Å². The van der Waals surface area contributed by atoms with Gasteiger partial charge < -0.3 is 5.32 Å². The lowest BCUT2D eigenvalue weighted by atomic mass is 9.82. The highest BCUT2D eigenvalue weighted by atomic mass is 32.2. The van der Waals surface area contributed by atoms with Crippen LogP contribution in [0.5, 0.6) is 0 Å². The van der Waals surface area contributed by atoms with Crippen LogP contribution in [0.25, 0.3) is 0 Å². The van der Waals surface area contributed by atoms with Gasteiger partial charge in [-0.25, -0.2) is 13.1 Å². The summed E-state index contributed by atoms with van der Waals surface area (Å²) in [6.07, 6.45) is 12.3. The van der Waals surface area contributed by atoms with Gasteiger partial charge in [-0.3, -0.25) is 4.79 Å². The van der Waals surface area contributed by atoms with Gasteiger partial charge in [0.1, 0.15) is 0 Å². The van der Waals surface area contributed by atoms with Gasteiger partial charge >= 0.3 is 0 Å². The van der Waals surface area contributed by atoms with Gasteiger partial charge in [0.2, 0.25) is 15.9 Å². The van der Waals surface area contributed by atoms with Gasteiger partial charge in [-0.1, -0.05) is 37.5 Å². The monoisotopic (exact) mass is 398 g/mol. The fourth-order valence-electron chi connectivity index (χ4n) is 3.47. The maximum absolute atomic E-state index is 12.0. The second-order valence-electron chi connectivity index (χ2n) is 7.80. The molecule has 0 aliphatic heterocycles. The molecule has 1 amide bonds. The summed E-state index contributed by atoms with van der Waals surface area (Å²) < 4.78 is 25.8. The SMILES string of the molecule is C=C(CC/C(=C\C)C1CCCCC1)NC(=O)CCCCNS(=O)(=O)C(C)C. The molecule has 0 unspecified atom stereocenters. The maximum atomic E-state index is 12.0. The van der Waals surface area contributed by atoms with Crippen LogP contribution in [0.1, 0.15) is 85.0 Å². The molecule has 0 aromatic rings. The number of carbonyl (C=O) groups excluding carboxylic acids is 1. The van der Waals surface area contributed by atoms with Gasteiger partial charge in [0.05, 0.1) is 5.25 Å². The molecule has 6 heteroatoms. The summed E-state index contributed by atoms with van der Waals surface area (Å²) in [4.78, 5) is 12.0. The van der Waals surface area contributed by atoms with Crippen LogP contribution >= 0.6 is 0 Å². The molecular weight excluding hydrogens is 360 g/mol. The van der Waals surface area contributed by atoms with E-state index in [-0.39, 0.29) is 5.91 Å². The Morgan fingerprint density at radius 2 is 1.78 bits per heavy atom. The molecule has 0 heterocycles. The quantitative estimate of drug-likeness (QED) is 0.377. The van der Waals surface area contributed by atoms with Crippen LogP contribution < -0.4 is 10.0 Å². The summed E-state index contributed by atoms with van der Waals surface area (Å²) in [6, 6.07) is 0. The van der Waals surface area contributed by atoms with E-state index in [1.54, 1.807) is 13.8 Å². The molecule has 0 aromatic heterocycles. The second kappa shape index (κ2) is 12.3. The molecule has 0 bridgehead atoms. The number of hydrogen-bond donors (Lipinski definition) is 2. The van der Waals surface area contributed by atoms with E-state index >= 15 is 0 Å². The van der Waals surface area contributed by atoms with E-state index < -0.39 is 15.3 Å². The lowest BCUT2D eigenvalue weighted by Gasteiger charge is -2.24. The first-order valence-electron chi connectivity index (χ1n) is 10.4. The summed E-state index contributed by atoms with van der Waals surface area (Å²) in [5.41, 5.74) is 2.28. The van der Waals surface area contributed by atoms with E-state index in [0.717, 1.165) is 18.5 Å². The fraction of sp³-hybridized carbons (Fsp3) is 0.762. The van der Waals surface area contributed by atoms with E-state index in [1.165, 1.54) is 37.7 Å². The number of allylic oxidation sites excluding steroid dienone is 3. The average molecular weight is 399 g/mol. The highest BCUT2D eigenvalue weighted by Crippen LogP contribution is 2.32. The van der Waals surface area contributed by atoms with Crippen LogP contribution in [0, 0.1) is 5.92 Å². The number of carbonyl (C=O) groups is 1. The number of hydrogen-bond acceptors (Lipinski definition) is 3. The predicted octanol–water partition coefficient (Wildman–Crippen LogP) is 4.42. The Hall–Kier alpha value is -1.14. The molecule has 1 aliphatic rings. The Kier molecular flexibility index (Phi) is 10.9. The number of nitrogens with one attached hydrogen (secondary N) is 2. The van der Waals surface area contributed by atoms with Crippen LogP contribution in [0.15, 0.2) is 23.9 Å². The summed E-state index contributed by atoms with van der Waals surface area (Å²) in [5.74, 6) is 0.674.